The highest BCUT2D eigenvalue weighted by molar-refractivity contribution is 5.81. The van der Waals surface area contributed by atoms with E-state index >= 15 is 0 Å². The zero-order chi connectivity index (χ0) is 21.7. The van der Waals surface area contributed by atoms with Gasteiger partial charge >= 0.3 is 0 Å². The lowest BCUT2D eigenvalue weighted by Crippen LogP contribution is -2.28. The second-order valence-corrected chi connectivity index (χ2v) is 3.65. The summed E-state index contributed by atoms with van der Waals surface area (Å²) in [6, 6.07) is 3.58. The Bertz CT molecular complexity index is 834. The molecule has 0 bridgehead atoms. The third-order valence-electron chi connectivity index (χ3n) is 2.43. The van der Waals surface area contributed by atoms with Crippen molar-refractivity contribution in [3.8, 4) is 5.75 Å². The Kier molecular flexibility index (Phi) is 1.22. The molecule has 0 aliphatic carbocycles. The summed E-state index contributed by atoms with van der Waals surface area (Å²) in [5.41, 5.74) is 0.260. The van der Waals surface area contributed by atoms with Gasteiger partial charge in [0, 0.05) is 37.9 Å². The number of hydrogen-bond donors (Lipinski definition) is 0. The highest BCUT2D eigenvalue weighted by atomic mass is 16.5. The molecule has 17 heavy (non-hydrogen) atoms. The van der Waals surface area contributed by atoms with E-state index in [1.807, 2.05) is 0 Å². The molecular weight excluding hydrogens is 212 g/mol. The van der Waals surface area contributed by atoms with Crippen molar-refractivity contribution in [3.63, 3.8) is 0 Å². The number of rotatable bonds is 4. The zero-order valence-corrected chi connectivity index (χ0v) is 9.27. The van der Waals surface area contributed by atoms with Gasteiger partial charge in [0.25, 0.3) is 0 Å². The molecule has 1 atom stereocenters. The minimum Gasteiger partial charge on any atom is -0.497 e. The first-order valence-corrected chi connectivity index (χ1v) is 4.98. The number of ether oxygens (including phenoxy) is 1. The van der Waals surface area contributed by atoms with E-state index in [-0.39, 0.29) is 11.3 Å². The fraction of sp³-hybridized carbons (Fsp3) is 0.429. The molecule has 0 aliphatic rings. The van der Waals surface area contributed by atoms with Crippen molar-refractivity contribution in [2.75, 3.05) is 21.1 Å². The van der Waals surface area contributed by atoms with Gasteiger partial charge in [-0.3, -0.25) is 0 Å². The van der Waals surface area contributed by atoms with Crippen molar-refractivity contribution in [3.05, 3.63) is 30.5 Å². The van der Waals surface area contributed by atoms with Crippen molar-refractivity contribution in [1.29, 1.82) is 0 Å². The maximum absolute atomic E-state index is 8.44. The smallest absolute Gasteiger partial charge is 0.119 e. The third-order valence-corrected chi connectivity index (χ3v) is 2.43. The number of fused-ring (bicyclic) bond motifs is 1. The van der Waals surface area contributed by atoms with Crippen molar-refractivity contribution >= 4 is 10.9 Å². The summed E-state index contributed by atoms with van der Waals surface area (Å²) in [6.07, 6.45) is 1.29. The van der Waals surface area contributed by atoms with E-state index in [2.05, 4.69) is 0 Å². The second kappa shape index (κ2) is 4.80. The lowest BCUT2D eigenvalue weighted by molar-refractivity contribution is 0.286. The summed E-state index contributed by atoms with van der Waals surface area (Å²) in [4.78, 5) is 0.526. The maximum atomic E-state index is 8.44. The molecule has 3 heteroatoms. The standard InChI is InChI=1S/C14H20N2O/c1-11(15(2)3)10-16-8-7-12-9-13(17-4)5-6-14(12)16/h5-9,11H,10H2,1-4H3/t11-/m1/s1/i1D3,2D3,4D3,10D2. The summed E-state index contributed by atoms with van der Waals surface area (Å²) < 4.78 is 89.7. The first-order valence-electron chi connectivity index (χ1n) is 10.5. The molecule has 0 N–H and O–H groups in total. The predicted octanol–water partition coefficient (Wildman–Crippen LogP) is 2.60. The summed E-state index contributed by atoms with van der Waals surface area (Å²) in [5, 5.41) is 0.409. The lowest BCUT2D eigenvalue weighted by Gasteiger charge is -2.20. The fourth-order valence-electron chi connectivity index (χ4n) is 1.52. The SMILES string of the molecule is [2H]C([2H])([2H])Oc1ccc2c(ccn2C([2H])([2H])[C@H](N(C)C([2H])([2H])[2H])C([2H])([2H])[2H])c1. The van der Waals surface area contributed by atoms with E-state index < -0.39 is 33.4 Å². The number of nitrogens with zero attached hydrogens (tertiary/aromatic N) is 2. The number of likely N-dealkylation sites (N-methyl/N-ethyl adjacent to an activating group) is 1. The molecular formula is C14H20N2O. The average Bonchev–Trinajstić information content (AvgIpc) is 2.86. The van der Waals surface area contributed by atoms with Gasteiger partial charge in [0.1, 0.15) is 5.75 Å². The number of methoxy groups -OCH3 is 1. The van der Waals surface area contributed by atoms with Crippen molar-refractivity contribution in [1.82, 2.24) is 9.47 Å². The van der Waals surface area contributed by atoms with Crippen LogP contribution in [0.25, 0.3) is 10.9 Å². The molecule has 0 saturated carbocycles. The topological polar surface area (TPSA) is 17.4 Å². The highest BCUT2D eigenvalue weighted by Gasteiger charge is 2.08. The van der Waals surface area contributed by atoms with Crippen LogP contribution in [-0.2, 0) is 6.50 Å². The Balaban J connectivity index is 2.55. The molecule has 0 saturated heterocycles. The Morgan fingerprint density at radius 1 is 1.53 bits per heavy atom. The molecule has 2 rings (SSSR count). The van der Waals surface area contributed by atoms with Crippen LogP contribution in [0.1, 0.15) is 21.9 Å². The van der Waals surface area contributed by atoms with Crippen LogP contribution in [-0.4, -0.2) is 36.6 Å². The predicted molar refractivity (Wildman–Crippen MR) is 71.6 cm³/mol. The van der Waals surface area contributed by atoms with Crippen LogP contribution in [0, 0.1) is 0 Å². The molecule has 1 aromatic carbocycles. The van der Waals surface area contributed by atoms with Gasteiger partial charge in [-0.15, -0.1) is 0 Å². The Morgan fingerprint density at radius 3 is 3.24 bits per heavy atom. The molecule has 1 aromatic heterocycles. The molecule has 0 unspecified atom stereocenters. The molecule has 0 aliphatic heterocycles. The molecule has 2 aromatic rings. The van der Waals surface area contributed by atoms with Crippen LogP contribution in [0.15, 0.2) is 30.5 Å². The van der Waals surface area contributed by atoms with Crippen LogP contribution >= 0.6 is 0 Å². The Hall–Kier alpha value is -1.48. The fourth-order valence-corrected chi connectivity index (χ4v) is 1.52. The molecule has 92 valence electrons. The van der Waals surface area contributed by atoms with Gasteiger partial charge < -0.3 is 14.2 Å². The van der Waals surface area contributed by atoms with Gasteiger partial charge in [-0.05, 0) is 45.1 Å². The largest absolute Gasteiger partial charge is 0.497 e. The highest BCUT2D eigenvalue weighted by Crippen LogP contribution is 2.22. The molecule has 0 fully saturated rings. The minimum absolute atomic E-state index is 0.0396. The molecule has 3 nitrogen and oxygen atoms in total. The number of aromatic nitrogens is 1. The van der Waals surface area contributed by atoms with Crippen molar-refractivity contribution < 1.29 is 19.8 Å². The molecule has 0 amide bonds. The number of hydrogen-bond acceptors (Lipinski definition) is 2. The van der Waals surface area contributed by atoms with E-state index in [1.54, 1.807) is 0 Å². The minimum atomic E-state index is -2.94. The summed E-state index contributed by atoms with van der Waals surface area (Å²) in [7, 11) is -1.62. The molecule has 0 radical (unpaired) electrons. The van der Waals surface area contributed by atoms with E-state index in [9.17, 15) is 0 Å². The van der Waals surface area contributed by atoms with E-state index in [4.69, 9.17) is 19.8 Å². The normalized spacial score (nSPS) is 25.9. The van der Waals surface area contributed by atoms with Gasteiger partial charge in [0.2, 0.25) is 0 Å². The third kappa shape index (κ3) is 2.44. The van der Waals surface area contributed by atoms with Crippen LogP contribution in [0.5, 0.6) is 5.75 Å². The van der Waals surface area contributed by atoms with Gasteiger partial charge in [-0.2, -0.15) is 0 Å². The zero-order valence-electron chi connectivity index (χ0n) is 20.3. The summed E-state index contributed by atoms with van der Waals surface area (Å²) >= 11 is 0. The Morgan fingerprint density at radius 2 is 2.47 bits per heavy atom. The van der Waals surface area contributed by atoms with Gasteiger partial charge in [0.15, 0.2) is 0 Å². The average molecular weight is 243 g/mol. The van der Waals surface area contributed by atoms with Gasteiger partial charge in [-0.1, -0.05) is 0 Å². The molecule has 0 spiro atoms. The van der Waals surface area contributed by atoms with Crippen LogP contribution in [0.3, 0.4) is 0 Å². The lowest BCUT2D eigenvalue weighted by atomic mass is 10.2. The van der Waals surface area contributed by atoms with Crippen molar-refractivity contribution in [2.45, 2.75) is 19.4 Å². The van der Waals surface area contributed by atoms with E-state index in [0.717, 1.165) is 11.6 Å². The number of benzene rings is 1. The van der Waals surface area contributed by atoms with Crippen molar-refractivity contribution in [2.24, 2.45) is 0 Å². The van der Waals surface area contributed by atoms with Crippen LogP contribution in [0.2, 0.25) is 0 Å². The maximum Gasteiger partial charge on any atom is 0.119 e. The summed E-state index contributed by atoms with van der Waals surface area (Å²) in [6.45, 7) is -8.38. The first kappa shape index (κ1) is 4.32. The van der Waals surface area contributed by atoms with E-state index in [1.165, 1.54) is 30.5 Å². The first-order chi connectivity index (χ1) is 12.4. The van der Waals surface area contributed by atoms with Gasteiger partial charge in [-0.25, -0.2) is 0 Å². The quantitative estimate of drug-likeness (QED) is 0.821. The van der Waals surface area contributed by atoms with Crippen LogP contribution < -0.4 is 4.74 Å². The monoisotopic (exact) mass is 243 g/mol. The van der Waals surface area contributed by atoms with E-state index in [0.29, 0.717) is 10.3 Å². The summed E-state index contributed by atoms with van der Waals surface area (Å²) in [5.74, 6) is 0.0396. The van der Waals surface area contributed by atoms with Crippen LogP contribution in [0.4, 0.5) is 0 Å². The second-order valence-electron chi connectivity index (χ2n) is 3.65. The molecule has 1 heterocycles. The van der Waals surface area contributed by atoms with Gasteiger partial charge in [0.05, 0.1) is 13.9 Å². The Labute approximate surface area is 118 Å².